The Morgan fingerprint density at radius 1 is 1.40 bits per heavy atom. The SMILES string of the molecule is CCc1nc(-c2cc(C)ccc2N)n[nH]1. The maximum atomic E-state index is 5.88. The summed E-state index contributed by atoms with van der Waals surface area (Å²) in [4.78, 5) is 4.35. The van der Waals surface area contributed by atoms with Gasteiger partial charge in [0.2, 0.25) is 0 Å². The predicted octanol–water partition coefficient (Wildman–Crippen LogP) is 1.92. The van der Waals surface area contributed by atoms with Gasteiger partial charge in [-0.2, -0.15) is 5.10 Å². The lowest BCUT2D eigenvalue weighted by Gasteiger charge is -2.01. The zero-order valence-electron chi connectivity index (χ0n) is 8.91. The standard InChI is InChI=1S/C11H14N4/c1-3-10-13-11(15-14-10)8-6-7(2)4-5-9(8)12/h4-6H,3,12H2,1-2H3,(H,13,14,15). The number of hydrogen-bond acceptors (Lipinski definition) is 3. The molecule has 0 amide bonds. The maximum absolute atomic E-state index is 5.88. The molecule has 0 radical (unpaired) electrons. The minimum Gasteiger partial charge on any atom is -0.398 e. The van der Waals surface area contributed by atoms with Gasteiger partial charge in [-0.25, -0.2) is 4.98 Å². The van der Waals surface area contributed by atoms with Gasteiger partial charge in [0.05, 0.1) is 0 Å². The zero-order valence-corrected chi connectivity index (χ0v) is 8.91. The number of hydrogen-bond donors (Lipinski definition) is 2. The van der Waals surface area contributed by atoms with E-state index in [1.54, 1.807) is 0 Å². The fourth-order valence-corrected chi connectivity index (χ4v) is 1.44. The van der Waals surface area contributed by atoms with E-state index >= 15 is 0 Å². The molecule has 0 saturated carbocycles. The zero-order chi connectivity index (χ0) is 10.8. The number of nitrogens with zero attached hydrogens (tertiary/aromatic N) is 2. The van der Waals surface area contributed by atoms with Gasteiger partial charge in [0.25, 0.3) is 0 Å². The Balaban J connectivity index is 2.48. The molecule has 0 aliphatic rings. The molecule has 0 bridgehead atoms. The van der Waals surface area contributed by atoms with Gasteiger partial charge in [-0.3, -0.25) is 5.10 Å². The highest BCUT2D eigenvalue weighted by Gasteiger charge is 2.08. The summed E-state index contributed by atoms with van der Waals surface area (Å²) in [5.41, 5.74) is 8.64. The molecule has 0 unspecified atom stereocenters. The van der Waals surface area contributed by atoms with E-state index in [2.05, 4.69) is 15.2 Å². The van der Waals surface area contributed by atoms with E-state index in [1.807, 2.05) is 32.0 Å². The van der Waals surface area contributed by atoms with Crippen LogP contribution in [0.5, 0.6) is 0 Å². The van der Waals surface area contributed by atoms with Crippen molar-refractivity contribution in [1.29, 1.82) is 0 Å². The predicted molar refractivity (Wildman–Crippen MR) is 60.3 cm³/mol. The largest absolute Gasteiger partial charge is 0.398 e. The van der Waals surface area contributed by atoms with Crippen molar-refractivity contribution in [2.45, 2.75) is 20.3 Å². The third-order valence-corrected chi connectivity index (χ3v) is 2.32. The average Bonchev–Trinajstić information content (AvgIpc) is 2.70. The highest BCUT2D eigenvalue weighted by molar-refractivity contribution is 5.71. The van der Waals surface area contributed by atoms with E-state index in [9.17, 15) is 0 Å². The lowest BCUT2D eigenvalue weighted by Crippen LogP contribution is -1.92. The number of rotatable bonds is 2. The Kier molecular flexibility index (Phi) is 2.41. The van der Waals surface area contributed by atoms with Crippen molar-refractivity contribution in [3.8, 4) is 11.4 Å². The van der Waals surface area contributed by atoms with Gasteiger partial charge in [0, 0.05) is 17.7 Å². The van der Waals surface area contributed by atoms with E-state index in [1.165, 1.54) is 0 Å². The van der Waals surface area contributed by atoms with Crippen LogP contribution >= 0.6 is 0 Å². The third kappa shape index (κ3) is 1.83. The van der Waals surface area contributed by atoms with E-state index in [4.69, 9.17) is 5.73 Å². The molecule has 0 atom stereocenters. The van der Waals surface area contributed by atoms with Gasteiger partial charge in [0.1, 0.15) is 5.82 Å². The number of aromatic nitrogens is 3. The fourth-order valence-electron chi connectivity index (χ4n) is 1.44. The Bertz CT molecular complexity index is 473. The Hall–Kier alpha value is -1.84. The summed E-state index contributed by atoms with van der Waals surface area (Å²) in [7, 11) is 0. The van der Waals surface area contributed by atoms with Crippen LogP contribution in [-0.4, -0.2) is 15.2 Å². The Morgan fingerprint density at radius 3 is 2.87 bits per heavy atom. The van der Waals surface area contributed by atoms with Gasteiger partial charge in [-0.15, -0.1) is 0 Å². The maximum Gasteiger partial charge on any atom is 0.183 e. The number of benzene rings is 1. The second-order valence-corrected chi connectivity index (χ2v) is 3.55. The van der Waals surface area contributed by atoms with Crippen molar-refractivity contribution in [2.75, 3.05) is 5.73 Å². The molecule has 1 aromatic carbocycles. The first-order valence-corrected chi connectivity index (χ1v) is 4.98. The van der Waals surface area contributed by atoms with Gasteiger partial charge in [0.15, 0.2) is 5.82 Å². The van der Waals surface area contributed by atoms with Crippen LogP contribution in [0.25, 0.3) is 11.4 Å². The van der Waals surface area contributed by atoms with E-state index < -0.39 is 0 Å². The molecule has 1 heterocycles. The molecule has 4 heteroatoms. The summed E-state index contributed by atoms with van der Waals surface area (Å²) in [6.45, 7) is 4.06. The van der Waals surface area contributed by atoms with Crippen molar-refractivity contribution < 1.29 is 0 Å². The second kappa shape index (κ2) is 3.73. The van der Waals surface area contributed by atoms with Crippen molar-refractivity contribution in [3.63, 3.8) is 0 Å². The highest BCUT2D eigenvalue weighted by Crippen LogP contribution is 2.23. The topological polar surface area (TPSA) is 67.6 Å². The molecule has 0 saturated heterocycles. The summed E-state index contributed by atoms with van der Waals surface area (Å²) in [5, 5.41) is 7.03. The van der Waals surface area contributed by atoms with Crippen molar-refractivity contribution in [2.24, 2.45) is 0 Å². The normalized spacial score (nSPS) is 10.5. The van der Waals surface area contributed by atoms with E-state index in [0.717, 1.165) is 23.4 Å². The lowest BCUT2D eigenvalue weighted by molar-refractivity contribution is 0.946. The summed E-state index contributed by atoms with van der Waals surface area (Å²) in [6, 6.07) is 5.86. The first-order chi connectivity index (χ1) is 7.20. The molecular weight excluding hydrogens is 188 g/mol. The molecule has 1 aromatic heterocycles. The quantitative estimate of drug-likeness (QED) is 0.731. The van der Waals surface area contributed by atoms with Crippen LogP contribution in [0.3, 0.4) is 0 Å². The van der Waals surface area contributed by atoms with Crippen molar-refractivity contribution in [3.05, 3.63) is 29.6 Å². The van der Waals surface area contributed by atoms with Crippen LogP contribution in [0.4, 0.5) is 5.69 Å². The van der Waals surface area contributed by atoms with Crippen LogP contribution in [0.2, 0.25) is 0 Å². The molecule has 0 spiro atoms. The molecule has 2 aromatic rings. The van der Waals surface area contributed by atoms with Crippen LogP contribution in [0.15, 0.2) is 18.2 Å². The fraction of sp³-hybridized carbons (Fsp3) is 0.273. The molecule has 3 N–H and O–H groups in total. The Morgan fingerprint density at radius 2 is 2.20 bits per heavy atom. The van der Waals surface area contributed by atoms with E-state index in [-0.39, 0.29) is 0 Å². The number of anilines is 1. The molecule has 0 aliphatic heterocycles. The molecule has 0 aliphatic carbocycles. The Labute approximate surface area is 88.5 Å². The number of nitrogens with one attached hydrogen (secondary N) is 1. The average molecular weight is 202 g/mol. The van der Waals surface area contributed by atoms with E-state index in [0.29, 0.717) is 11.5 Å². The number of nitrogens with two attached hydrogens (primary N) is 1. The molecule has 2 rings (SSSR count). The minimum absolute atomic E-state index is 0.674. The van der Waals surface area contributed by atoms with Crippen molar-refractivity contribution >= 4 is 5.69 Å². The van der Waals surface area contributed by atoms with Crippen LogP contribution < -0.4 is 5.73 Å². The van der Waals surface area contributed by atoms with Gasteiger partial charge in [-0.05, 0) is 19.1 Å². The summed E-state index contributed by atoms with van der Waals surface area (Å²) in [5.74, 6) is 1.55. The summed E-state index contributed by atoms with van der Waals surface area (Å²) >= 11 is 0. The van der Waals surface area contributed by atoms with Gasteiger partial charge in [-0.1, -0.05) is 18.6 Å². The van der Waals surface area contributed by atoms with Crippen molar-refractivity contribution in [1.82, 2.24) is 15.2 Å². The summed E-state index contributed by atoms with van der Waals surface area (Å²) in [6.07, 6.45) is 0.846. The van der Waals surface area contributed by atoms with Gasteiger partial charge >= 0.3 is 0 Å². The van der Waals surface area contributed by atoms with Crippen LogP contribution in [0, 0.1) is 6.92 Å². The number of aromatic amines is 1. The molecule has 4 nitrogen and oxygen atoms in total. The smallest absolute Gasteiger partial charge is 0.183 e. The first kappa shape index (κ1) is 9.71. The first-order valence-electron chi connectivity index (χ1n) is 4.98. The monoisotopic (exact) mass is 202 g/mol. The molecule has 78 valence electrons. The molecule has 15 heavy (non-hydrogen) atoms. The lowest BCUT2D eigenvalue weighted by atomic mass is 10.1. The summed E-state index contributed by atoms with van der Waals surface area (Å²) < 4.78 is 0. The minimum atomic E-state index is 0.674. The number of nitrogen functional groups attached to an aromatic ring is 1. The molecular formula is C11H14N4. The number of aryl methyl sites for hydroxylation is 2. The third-order valence-electron chi connectivity index (χ3n) is 2.32. The highest BCUT2D eigenvalue weighted by atomic mass is 15.2. The number of H-pyrrole nitrogens is 1. The second-order valence-electron chi connectivity index (χ2n) is 3.55. The van der Waals surface area contributed by atoms with Gasteiger partial charge < -0.3 is 5.73 Å². The van der Waals surface area contributed by atoms with Crippen LogP contribution in [0.1, 0.15) is 18.3 Å². The van der Waals surface area contributed by atoms with Crippen LogP contribution in [-0.2, 0) is 6.42 Å². The molecule has 0 fully saturated rings.